The number of alkyl halides is 2. The summed E-state index contributed by atoms with van der Waals surface area (Å²) in [4.78, 5) is 2.73. The van der Waals surface area contributed by atoms with Gasteiger partial charge in [-0.15, -0.1) is 23.2 Å². The maximum Gasteiger partial charge on any atom is 0.163 e. The fraction of sp³-hybridized carbons (Fsp3) is 1.00. The summed E-state index contributed by atoms with van der Waals surface area (Å²) in [7, 11) is 0. The van der Waals surface area contributed by atoms with E-state index in [0.717, 1.165) is 43.3 Å². The van der Waals surface area contributed by atoms with E-state index in [-0.39, 0.29) is 6.17 Å². The standard InChI is InChI=1S/C18H33Cl2N5/c19-12-3-1-11(2-4-12)15-9-24(14-7-5-13(20)6-8-14)18-16(15)17(21)25(22)10-23-18/h11-18,23H,1-10,21-22H2/p+1. The molecule has 4 aliphatic rings. The zero-order chi connectivity index (χ0) is 17.6. The van der Waals surface area contributed by atoms with Gasteiger partial charge in [-0.2, -0.15) is 5.84 Å². The zero-order valence-electron chi connectivity index (χ0n) is 15.0. The molecule has 0 spiro atoms. The topological polar surface area (TPSA) is 71.8 Å². The van der Waals surface area contributed by atoms with Crippen molar-refractivity contribution >= 4 is 23.2 Å². The van der Waals surface area contributed by atoms with Crippen molar-refractivity contribution in [2.75, 3.05) is 13.2 Å². The van der Waals surface area contributed by atoms with Crippen molar-refractivity contribution in [3.63, 3.8) is 0 Å². The van der Waals surface area contributed by atoms with Gasteiger partial charge in [0.05, 0.1) is 12.1 Å². The quantitative estimate of drug-likeness (QED) is 0.415. The molecule has 0 aromatic heterocycles. The molecule has 2 aliphatic heterocycles. The second kappa shape index (κ2) is 7.78. The fourth-order valence-electron chi connectivity index (χ4n) is 5.95. The number of nitrogens with zero attached hydrogens (tertiary/aromatic N) is 1. The average Bonchev–Trinajstić information content (AvgIpc) is 3.00. The number of rotatable bonds is 2. The zero-order valence-corrected chi connectivity index (χ0v) is 16.6. The Morgan fingerprint density at radius 3 is 2.16 bits per heavy atom. The van der Waals surface area contributed by atoms with Crippen LogP contribution in [0, 0.1) is 17.8 Å². The maximum absolute atomic E-state index is 6.63. The summed E-state index contributed by atoms with van der Waals surface area (Å²) in [6.07, 6.45) is 9.93. The number of nitrogens with two attached hydrogens (primary N) is 2. The van der Waals surface area contributed by atoms with Crippen LogP contribution in [0.25, 0.3) is 0 Å². The maximum atomic E-state index is 6.63. The van der Waals surface area contributed by atoms with Crippen molar-refractivity contribution < 1.29 is 5.01 Å². The van der Waals surface area contributed by atoms with Gasteiger partial charge in [0.15, 0.2) is 12.8 Å². The van der Waals surface area contributed by atoms with Gasteiger partial charge in [-0.05, 0) is 63.2 Å². The van der Waals surface area contributed by atoms with Crippen LogP contribution in [0.5, 0.6) is 0 Å². The Morgan fingerprint density at radius 1 is 0.920 bits per heavy atom. The molecule has 2 heterocycles. The van der Waals surface area contributed by atoms with Gasteiger partial charge in [-0.3, -0.25) is 16.0 Å². The van der Waals surface area contributed by atoms with Gasteiger partial charge in [-0.1, -0.05) is 0 Å². The van der Waals surface area contributed by atoms with Gasteiger partial charge in [-0.25, -0.2) is 5.01 Å². The summed E-state index contributed by atoms with van der Waals surface area (Å²) in [6, 6.07) is 0.649. The Balaban J connectivity index is 1.52. The smallest absolute Gasteiger partial charge is 0.163 e. The number of quaternary nitrogens is 1. The van der Waals surface area contributed by atoms with E-state index in [4.69, 9.17) is 34.8 Å². The summed E-state index contributed by atoms with van der Waals surface area (Å²) < 4.78 is 0. The number of halogens is 2. The lowest BCUT2D eigenvalue weighted by Crippen LogP contribution is -3.26. The van der Waals surface area contributed by atoms with Crippen LogP contribution < -0.4 is 21.9 Å². The van der Waals surface area contributed by atoms with Crippen LogP contribution in [-0.4, -0.2) is 47.2 Å². The van der Waals surface area contributed by atoms with Gasteiger partial charge in [0, 0.05) is 23.3 Å². The lowest BCUT2D eigenvalue weighted by molar-refractivity contribution is -0.951. The second-order valence-electron chi connectivity index (χ2n) is 8.78. The van der Waals surface area contributed by atoms with Crippen LogP contribution in [0.15, 0.2) is 0 Å². The summed E-state index contributed by atoms with van der Waals surface area (Å²) in [5, 5.41) is 5.40. The number of nitrogens with one attached hydrogen (secondary N) is 2. The second-order valence-corrected chi connectivity index (χ2v) is 10.0. The summed E-state index contributed by atoms with van der Waals surface area (Å²) in [6.45, 7) is 1.92. The van der Waals surface area contributed by atoms with Crippen LogP contribution in [0.4, 0.5) is 0 Å². The van der Waals surface area contributed by atoms with Crippen LogP contribution in [-0.2, 0) is 0 Å². The molecule has 5 unspecified atom stereocenters. The van der Waals surface area contributed by atoms with Crippen molar-refractivity contribution in [1.82, 2.24) is 10.2 Å². The molecule has 0 radical (unpaired) electrons. The van der Waals surface area contributed by atoms with Crippen LogP contribution in [0.1, 0.15) is 51.4 Å². The minimum absolute atomic E-state index is 0.0272. The minimum Gasteiger partial charge on any atom is -0.284 e. The first-order valence-electron chi connectivity index (χ1n) is 10.2. The molecule has 144 valence electrons. The molecule has 5 atom stereocenters. The highest BCUT2D eigenvalue weighted by Crippen LogP contribution is 2.44. The van der Waals surface area contributed by atoms with Crippen molar-refractivity contribution in [1.29, 1.82) is 0 Å². The third-order valence-corrected chi connectivity index (χ3v) is 8.27. The molecule has 0 aromatic carbocycles. The predicted molar refractivity (Wildman–Crippen MR) is 102 cm³/mol. The third kappa shape index (κ3) is 3.71. The Labute approximate surface area is 161 Å². The Bertz CT molecular complexity index is 451. The minimum atomic E-state index is 0.0272. The average molecular weight is 391 g/mol. The van der Waals surface area contributed by atoms with Gasteiger partial charge in [0.1, 0.15) is 0 Å². The molecular formula is C18H34Cl2N5+. The predicted octanol–water partition coefficient (Wildman–Crippen LogP) is 0.812. The van der Waals surface area contributed by atoms with Crippen molar-refractivity contribution in [3.8, 4) is 0 Å². The highest BCUT2D eigenvalue weighted by Gasteiger charge is 2.54. The van der Waals surface area contributed by atoms with Crippen molar-refractivity contribution in [3.05, 3.63) is 0 Å². The first-order chi connectivity index (χ1) is 12.0. The monoisotopic (exact) mass is 390 g/mol. The van der Waals surface area contributed by atoms with E-state index in [2.05, 4.69) is 10.2 Å². The Morgan fingerprint density at radius 2 is 1.52 bits per heavy atom. The highest BCUT2D eigenvalue weighted by molar-refractivity contribution is 6.20. The number of hydrogen-bond donors (Lipinski definition) is 4. The molecule has 2 aliphatic carbocycles. The largest absolute Gasteiger partial charge is 0.284 e. The SMILES string of the molecule is NC1C2C(C3CCC(Cl)CC3)CN(C3CCC(Cl)CC3)C2NC[NH+]1N. The fourth-order valence-corrected chi connectivity index (χ4v) is 6.45. The summed E-state index contributed by atoms with van der Waals surface area (Å²) in [5.41, 5.74) is 6.63. The van der Waals surface area contributed by atoms with E-state index in [1.807, 2.05) is 0 Å². The van der Waals surface area contributed by atoms with Gasteiger partial charge < -0.3 is 0 Å². The molecule has 2 saturated carbocycles. The molecule has 2 saturated heterocycles. The lowest BCUT2D eigenvalue weighted by Gasteiger charge is -2.43. The first kappa shape index (κ1) is 18.7. The summed E-state index contributed by atoms with van der Waals surface area (Å²) >= 11 is 12.7. The number of hydrogen-bond acceptors (Lipinski definition) is 4. The van der Waals surface area contributed by atoms with E-state index in [1.54, 1.807) is 0 Å². The van der Waals surface area contributed by atoms with Gasteiger partial charge in [0.25, 0.3) is 0 Å². The number of likely N-dealkylation sites (tertiary alicyclic amines) is 1. The lowest BCUT2D eigenvalue weighted by atomic mass is 9.73. The molecular weight excluding hydrogens is 357 g/mol. The molecule has 4 rings (SSSR count). The Kier molecular flexibility index (Phi) is 5.83. The molecule has 6 N–H and O–H groups in total. The molecule has 0 bridgehead atoms. The Hall–Kier alpha value is 0.380. The first-order valence-corrected chi connectivity index (χ1v) is 11.1. The van der Waals surface area contributed by atoms with E-state index < -0.39 is 0 Å². The van der Waals surface area contributed by atoms with Crippen molar-refractivity contribution in [2.45, 2.75) is 80.5 Å². The van der Waals surface area contributed by atoms with E-state index in [0.29, 0.717) is 34.8 Å². The van der Waals surface area contributed by atoms with E-state index in [1.165, 1.54) is 32.2 Å². The molecule has 7 heteroatoms. The van der Waals surface area contributed by atoms with Crippen molar-refractivity contribution in [2.24, 2.45) is 29.3 Å². The molecule has 4 fully saturated rings. The molecule has 0 amide bonds. The molecule has 25 heavy (non-hydrogen) atoms. The number of fused-ring (bicyclic) bond motifs is 1. The molecule has 0 aromatic rings. The normalized spacial score (nSPS) is 52.1. The summed E-state index contributed by atoms with van der Waals surface area (Å²) in [5.74, 6) is 8.09. The van der Waals surface area contributed by atoms with E-state index in [9.17, 15) is 0 Å². The van der Waals surface area contributed by atoms with Crippen LogP contribution >= 0.6 is 23.2 Å². The highest BCUT2D eigenvalue weighted by atomic mass is 35.5. The van der Waals surface area contributed by atoms with Crippen LogP contribution in [0.3, 0.4) is 0 Å². The van der Waals surface area contributed by atoms with Crippen LogP contribution in [0.2, 0.25) is 0 Å². The third-order valence-electron chi connectivity index (χ3n) is 7.40. The molecule has 5 nitrogen and oxygen atoms in total. The van der Waals surface area contributed by atoms with Gasteiger partial charge in [0.2, 0.25) is 0 Å². The van der Waals surface area contributed by atoms with E-state index >= 15 is 0 Å². The van der Waals surface area contributed by atoms with Gasteiger partial charge >= 0.3 is 0 Å².